The van der Waals surface area contributed by atoms with E-state index >= 15 is 0 Å². The molecule has 0 saturated carbocycles. The normalized spacial score (nSPS) is 11.8. The Morgan fingerprint density at radius 2 is 1.90 bits per heavy atom. The molecule has 2 N–H and O–H groups in total. The van der Waals surface area contributed by atoms with Crippen LogP contribution in [0.1, 0.15) is 0 Å². The molecule has 0 aliphatic rings. The summed E-state index contributed by atoms with van der Waals surface area (Å²) >= 11 is 0. The standard InChI is InChI=1S/C16H18FNO3/c1-20-13-5-4-6-14(9-13)21-11-12(19)10-18-16-8-3-2-7-15(16)17/h2-9,12,18-19H,10-11H2,1H3. The Morgan fingerprint density at radius 1 is 1.14 bits per heavy atom. The maximum absolute atomic E-state index is 13.4. The third-order valence-electron chi connectivity index (χ3n) is 2.89. The van der Waals surface area contributed by atoms with Crippen molar-refractivity contribution in [3.05, 3.63) is 54.3 Å². The predicted octanol–water partition coefficient (Wildman–Crippen LogP) is 2.69. The van der Waals surface area contributed by atoms with E-state index in [1.165, 1.54) is 6.07 Å². The van der Waals surface area contributed by atoms with Crippen LogP contribution in [0.3, 0.4) is 0 Å². The summed E-state index contributed by atoms with van der Waals surface area (Å²) < 4.78 is 23.9. The van der Waals surface area contributed by atoms with Gasteiger partial charge in [0, 0.05) is 12.6 Å². The van der Waals surface area contributed by atoms with Crippen LogP contribution in [-0.2, 0) is 0 Å². The van der Waals surface area contributed by atoms with Gasteiger partial charge in [-0.15, -0.1) is 0 Å². The molecule has 1 unspecified atom stereocenters. The van der Waals surface area contributed by atoms with E-state index in [2.05, 4.69) is 5.32 Å². The molecule has 0 spiro atoms. The summed E-state index contributed by atoms with van der Waals surface area (Å²) in [5, 5.41) is 12.7. The van der Waals surface area contributed by atoms with Gasteiger partial charge in [-0.1, -0.05) is 18.2 Å². The van der Waals surface area contributed by atoms with Crippen LogP contribution in [0.25, 0.3) is 0 Å². The van der Waals surface area contributed by atoms with Crippen LogP contribution in [0.15, 0.2) is 48.5 Å². The molecule has 0 heterocycles. The van der Waals surface area contributed by atoms with Gasteiger partial charge in [0.25, 0.3) is 0 Å². The van der Waals surface area contributed by atoms with Crippen LogP contribution in [0.5, 0.6) is 11.5 Å². The molecule has 0 aliphatic heterocycles. The Morgan fingerprint density at radius 3 is 2.67 bits per heavy atom. The zero-order valence-corrected chi connectivity index (χ0v) is 11.8. The molecule has 112 valence electrons. The Kier molecular flexibility index (Phi) is 5.40. The SMILES string of the molecule is COc1cccc(OCC(O)CNc2ccccc2F)c1. The average molecular weight is 291 g/mol. The van der Waals surface area contributed by atoms with Gasteiger partial charge >= 0.3 is 0 Å². The lowest BCUT2D eigenvalue weighted by molar-refractivity contribution is 0.117. The number of ether oxygens (including phenoxy) is 2. The van der Waals surface area contributed by atoms with Crippen molar-refractivity contribution < 1.29 is 19.0 Å². The van der Waals surface area contributed by atoms with Crippen LogP contribution in [-0.4, -0.2) is 31.5 Å². The maximum atomic E-state index is 13.4. The first-order chi connectivity index (χ1) is 10.2. The van der Waals surface area contributed by atoms with E-state index in [9.17, 15) is 9.50 Å². The number of hydrogen-bond donors (Lipinski definition) is 2. The molecular formula is C16H18FNO3. The van der Waals surface area contributed by atoms with E-state index in [0.29, 0.717) is 17.2 Å². The summed E-state index contributed by atoms with van der Waals surface area (Å²) in [5.74, 6) is 0.948. The highest BCUT2D eigenvalue weighted by Crippen LogP contribution is 2.19. The van der Waals surface area contributed by atoms with Crippen LogP contribution >= 0.6 is 0 Å². The van der Waals surface area contributed by atoms with Crippen molar-refractivity contribution in [1.29, 1.82) is 0 Å². The Labute approximate surface area is 123 Å². The minimum atomic E-state index is -0.754. The van der Waals surface area contributed by atoms with E-state index in [1.54, 1.807) is 43.5 Å². The lowest BCUT2D eigenvalue weighted by atomic mass is 10.3. The molecule has 1 atom stereocenters. The summed E-state index contributed by atoms with van der Waals surface area (Å²) in [5.41, 5.74) is 0.359. The fraction of sp³-hybridized carbons (Fsp3) is 0.250. The molecule has 2 rings (SSSR count). The molecule has 21 heavy (non-hydrogen) atoms. The third-order valence-corrected chi connectivity index (χ3v) is 2.89. The van der Waals surface area contributed by atoms with Crippen LogP contribution in [0.2, 0.25) is 0 Å². The fourth-order valence-corrected chi connectivity index (χ4v) is 1.77. The smallest absolute Gasteiger partial charge is 0.146 e. The minimum absolute atomic E-state index is 0.106. The molecule has 0 saturated heterocycles. The van der Waals surface area contributed by atoms with Crippen molar-refractivity contribution in [2.24, 2.45) is 0 Å². The van der Waals surface area contributed by atoms with Gasteiger partial charge in [0.05, 0.1) is 12.8 Å². The molecule has 0 radical (unpaired) electrons. The van der Waals surface area contributed by atoms with Gasteiger partial charge in [-0.25, -0.2) is 4.39 Å². The fourth-order valence-electron chi connectivity index (χ4n) is 1.77. The number of methoxy groups -OCH3 is 1. The minimum Gasteiger partial charge on any atom is -0.497 e. The zero-order chi connectivity index (χ0) is 15.1. The van der Waals surface area contributed by atoms with Crippen molar-refractivity contribution in [3.63, 3.8) is 0 Å². The lowest BCUT2D eigenvalue weighted by Gasteiger charge is -2.14. The highest BCUT2D eigenvalue weighted by Gasteiger charge is 2.07. The van der Waals surface area contributed by atoms with Gasteiger partial charge in [0.1, 0.15) is 30.0 Å². The molecule has 4 nitrogen and oxygen atoms in total. The lowest BCUT2D eigenvalue weighted by Crippen LogP contribution is -2.26. The maximum Gasteiger partial charge on any atom is 0.146 e. The molecule has 0 bridgehead atoms. The van der Waals surface area contributed by atoms with Crippen molar-refractivity contribution >= 4 is 5.69 Å². The second-order valence-corrected chi connectivity index (χ2v) is 4.50. The molecule has 0 fully saturated rings. The Bertz CT molecular complexity index is 577. The number of hydrogen-bond acceptors (Lipinski definition) is 4. The number of aliphatic hydroxyl groups is 1. The van der Waals surface area contributed by atoms with Gasteiger partial charge in [0.2, 0.25) is 0 Å². The van der Waals surface area contributed by atoms with Crippen molar-refractivity contribution in [1.82, 2.24) is 0 Å². The number of anilines is 1. The van der Waals surface area contributed by atoms with Gasteiger partial charge in [-0.3, -0.25) is 0 Å². The molecule has 0 aliphatic carbocycles. The molecule has 0 aromatic heterocycles. The summed E-state index contributed by atoms with van der Waals surface area (Å²) in [6, 6.07) is 13.4. The third kappa shape index (κ3) is 4.65. The van der Waals surface area contributed by atoms with Crippen LogP contribution < -0.4 is 14.8 Å². The zero-order valence-electron chi connectivity index (χ0n) is 11.8. The van der Waals surface area contributed by atoms with E-state index in [0.717, 1.165) is 0 Å². The Hall–Kier alpha value is -2.27. The second kappa shape index (κ2) is 7.50. The van der Waals surface area contributed by atoms with E-state index in [1.807, 2.05) is 6.07 Å². The van der Waals surface area contributed by atoms with E-state index in [-0.39, 0.29) is 19.0 Å². The first-order valence-electron chi connectivity index (χ1n) is 6.62. The van der Waals surface area contributed by atoms with Crippen molar-refractivity contribution in [2.75, 3.05) is 25.6 Å². The number of para-hydroxylation sites is 1. The topological polar surface area (TPSA) is 50.7 Å². The Balaban J connectivity index is 1.79. The number of aliphatic hydroxyl groups excluding tert-OH is 1. The molecule has 2 aromatic rings. The van der Waals surface area contributed by atoms with Gasteiger partial charge in [-0.05, 0) is 24.3 Å². The first kappa shape index (κ1) is 15.1. The van der Waals surface area contributed by atoms with Gasteiger partial charge < -0.3 is 19.9 Å². The highest BCUT2D eigenvalue weighted by molar-refractivity contribution is 5.44. The second-order valence-electron chi connectivity index (χ2n) is 4.50. The van der Waals surface area contributed by atoms with E-state index < -0.39 is 6.10 Å². The van der Waals surface area contributed by atoms with Crippen LogP contribution in [0.4, 0.5) is 10.1 Å². The van der Waals surface area contributed by atoms with Crippen LogP contribution in [0, 0.1) is 5.82 Å². The van der Waals surface area contributed by atoms with E-state index in [4.69, 9.17) is 9.47 Å². The molecular weight excluding hydrogens is 273 g/mol. The molecule has 2 aromatic carbocycles. The number of nitrogens with one attached hydrogen (secondary N) is 1. The summed E-state index contributed by atoms with van der Waals surface area (Å²) in [7, 11) is 1.58. The first-order valence-corrected chi connectivity index (χ1v) is 6.62. The molecule has 5 heteroatoms. The number of benzene rings is 2. The number of rotatable bonds is 7. The van der Waals surface area contributed by atoms with Gasteiger partial charge in [0.15, 0.2) is 0 Å². The monoisotopic (exact) mass is 291 g/mol. The van der Waals surface area contributed by atoms with Crippen molar-refractivity contribution in [2.45, 2.75) is 6.10 Å². The highest BCUT2D eigenvalue weighted by atomic mass is 19.1. The largest absolute Gasteiger partial charge is 0.497 e. The summed E-state index contributed by atoms with van der Waals surface area (Å²) in [6.07, 6.45) is -0.754. The molecule has 0 amide bonds. The average Bonchev–Trinajstić information content (AvgIpc) is 2.52. The van der Waals surface area contributed by atoms with Crippen molar-refractivity contribution in [3.8, 4) is 11.5 Å². The summed E-state index contributed by atoms with van der Waals surface area (Å²) in [6.45, 7) is 0.305. The quantitative estimate of drug-likeness (QED) is 0.823. The predicted molar refractivity (Wildman–Crippen MR) is 79.4 cm³/mol. The number of halogens is 1. The summed E-state index contributed by atoms with van der Waals surface area (Å²) in [4.78, 5) is 0. The van der Waals surface area contributed by atoms with Gasteiger partial charge in [-0.2, -0.15) is 0 Å².